The molecule has 11 nitrogen and oxygen atoms in total. The molecule has 54 heavy (non-hydrogen) atoms. The van der Waals surface area contributed by atoms with Crippen LogP contribution in [0.2, 0.25) is 5.02 Å². The van der Waals surface area contributed by atoms with Gasteiger partial charge in [-0.25, -0.2) is 27.1 Å². The van der Waals surface area contributed by atoms with Crippen LogP contribution >= 0.6 is 11.6 Å². The van der Waals surface area contributed by atoms with Gasteiger partial charge in [0.25, 0.3) is 10.0 Å². The summed E-state index contributed by atoms with van der Waals surface area (Å²) < 4.78 is 97.0. The number of hydrogen-bond acceptors (Lipinski definition) is 9. The molecule has 1 N–H and O–H groups in total. The highest BCUT2D eigenvalue weighted by Gasteiger charge is 2.38. The molecule has 3 aromatic carbocycles. The number of rotatable bonds is 13. The van der Waals surface area contributed by atoms with E-state index < -0.39 is 44.6 Å². The molecule has 4 aromatic rings. The van der Waals surface area contributed by atoms with E-state index in [9.17, 15) is 26.4 Å². The Balaban J connectivity index is 1.47. The van der Waals surface area contributed by atoms with Gasteiger partial charge in [-0.1, -0.05) is 29.8 Å². The molecule has 0 radical (unpaired) electrons. The third-order valence-corrected chi connectivity index (χ3v) is 11.5. The molecule has 1 heterocycles. The lowest BCUT2D eigenvalue weighted by molar-refractivity contribution is -0.137. The summed E-state index contributed by atoms with van der Waals surface area (Å²) in [5.74, 6) is -0.860. The van der Waals surface area contributed by atoms with Gasteiger partial charge in [0.05, 0.1) is 49.6 Å². The molecular formula is C37H41ClF4N6O5S. The predicted molar refractivity (Wildman–Crippen MR) is 197 cm³/mol. The maximum absolute atomic E-state index is 16.1. The lowest BCUT2D eigenvalue weighted by atomic mass is 9.77. The van der Waals surface area contributed by atoms with Crippen molar-refractivity contribution in [3.8, 4) is 11.5 Å². The van der Waals surface area contributed by atoms with Crippen LogP contribution in [0.3, 0.4) is 0 Å². The minimum atomic E-state index is -4.66. The Morgan fingerprint density at radius 3 is 2.43 bits per heavy atom. The first kappa shape index (κ1) is 40.5. The molecule has 1 saturated carbocycles. The number of hydrogen-bond donors (Lipinski definition) is 1. The van der Waals surface area contributed by atoms with Gasteiger partial charge in [-0.05, 0) is 75.2 Å². The van der Waals surface area contributed by atoms with Crippen LogP contribution in [0.25, 0.3) is 0 Å². The monoisotopic (exact) mass is 792 g/mol. The highest BCUT2D eigenvalue weighted by molar-refractivity contribution is 7.92. The van der Waals surface area contributed by atoms with Crippen molar-refractivity contribution >= 4 is 39.0 Å². The van der Waals surface area contributed by atoms with Gasteiger partial charge in [0.1, 0.15) is 34.4 Å². The molecule has 17 heteroatoms. The molecule has 0 aliphatic heterocycles. The maximum atomic E-state index is 16.1. The second kappa shape index (κ2) is 16.8. The number of halogens is 5. The minimum Gasteiger partial charge on any atom is -0.497 e. The van der Waals surface area contributed by atoms with Crippen LogP contribution in [0.5, 0.6) is 11.5 Å². The highest BCUT2D eigenvalue weighted by atomic mass is 35.5. The summed E-state index contributed by atoms with van der Waals surface area (Å²) >= 11 is 6.70. The molecule has 3 atom stereocenters. The van der Waals surface area contributed by atoms with Crippen molar-refractivity contribution < 1.29 is 40.2 Å². The number of sulfonamides is 1. The van der Waals surface area contributed by atoms with E-state index in [0.717, 1.165) is 34.9 Å². The molecule has 0 spiro atoms. The molecule has 290 valence electrons. The van der Waals surface area contributed by atoms with Crippen molar-refractivity contribution in [2.75, 3.05) is 51.5 Å². The van der Waals surface area contributed by atoms with Gasteiger partial charge in [-0.3, -0.25) is 4.79 Å². The Morgan fingerprint density at radius 1 is 1.02 bits per heavy atom. The quantitative estimate of drug-likeness (QED) is 0.145. The van der Waals surface area contributed by atoms with Crippen LogP contribution in [0, 0.1) is 5.82 Å². The molecule has 1 aliphatic carbocycles. The number of nitrogens with one attached hydrogen (secondary N) is 1. The lowest BCUT2D eigenvalue weighted by Crippen LogP contribution is -2.52. The first-order valence-electron chi connectivity index (χ1n) is 16.9. The van der Waals surface area contributed by atoms with Crippen LogP contribution in [-0.4, -0.2) is 88.1 Å². The van der Waals surface area contributed by atoms with Gasteiger partial charge in [0, 0.05) is 37.0 Å². The SMILES string of the molecule is COc1ccc(CN(c2ccncn2)S(=O)(=O)c2cc(Cl)c(NC3CC[C@H](c4cccc(C(F)(F)F)c4)CC3N(C)C(=O)CN(C)C)cc2F)c(OC)c1. The molecule has 0 bridgehead atoms. The number of benzene rings is 3. The van der Waals surface area contributed by atoms with Crippen molar-refractivity contribution in [3.05, 3.63) is 101 Å². The fraction of sp³-hybridized carbons (Fsp3) is 0.378. The standard InChI is InChI=1S/C37H41ClF4N6O5S/c1-46(2)21-36(49)47(3)32-16-24(23-7-6-8-26(15-23)37(40,41)42)10-12-30(32)45-31-19-29(39)34(18-28(31)38)54(50,51)48(35-13-14-43-22-44-35)20-25-9-11-27(52-4)17-33(25)53-5/h6-9,11,13-15,17-19,22,24,30,32,45H,10,12,16,20-21H2,1-5H3/t24-,30?,32?/m0/s1. The van der Waals surface area contributed by atoms with E-state index in [1.807, 2.05) is 0 Å². The molecule has 0 saturated heterocycles. The number of amides is 1. The van der Waals surface area contributed by atoms with E-state index in [4.69, 9.17) is 21.1 Å². The minimum absolute atomic E-state index is 0.0357. The molecule has 1 aromatic heterocycles. The fourth-order valence-corrected chi connectivity index (χ4v) is 8.35. The zero-order chi connectivity index (χ0) is 39.4. The molecule has 2 unspecified atom stereocenters. The summed E-state index contributed by atoms with van der Waals surface area (Å²) in [6, 6.07) is 12.3. The van der Waals surface area contributed by atoms with Gasteiger partial charge in [-0.15, -0.1) is 0 Å². The average molecular weight is 793 g/mol. The maximum Gasteiger partial charge on any atom is 0.416 e. The molecule has 1 aliphatic rings. The Bertz CT molecular complexity index is 2060. The van der Waals surface area contributed by atoms with E-state index in [2.05, 4.69) is 15.3 Å². The smallest absolute Gasteiger partial charge is 0.416 e. The topological polar surface area (TPSA) is 117 Å². The van der Waals surface area contributed by atoms with E-state index in [1.54, 1.807) is 55.2 Å². The number of alkyl halides is 3. The van der Waals surface area contributed by atoms with E-state index in [0.29, 0.717) is 41.9 Å². The summed E-state index contributed by atoms with van der Waals surface area (Å²) in [7, 11) is 3.34. The van der Waals surface area contributed by atoms with Crippen molar-refractivity contribution in [1.82, 2.24) is 19.8 Å². The molecule has 5 rings (SSSR count). The van der Waals surface area contributed by atoms with Gasteiger partial charge >= 0.3 is 6.18 Å². The largest absolute Gasteiger partial charge is 0.497 e. The van der Waals surface area contributed by atoms with Gasteiger partial charge < -0.3 is 24.6 Å². The number of nitrogens with zero attached hydrogens (tertiary/aromatic N) is 5. The van der Waals surface area contributed by atoms with Crippen LogP contribution in [-0.2, 0) is 27.5 Å². The second-order valence-electron chi connectivity index (χ2n) is 13.2. The number of methoxy groups -OCH3 is 2. The van der Waals surface area contributed by atoms with Gasteiger partial charge in [-0.2, -0.15) is 13.2 Å². The third-order valence-electron chi connectivity index (χ3n) is 9.40. The van der Waals surface area contributed by atoms with Gasteiger partial charge in [0.2, 0.25) is 5.91 Å². The zero-order valence-corrected chi connectivity index (χ0v) is 31.8. The van der Waals surface area contributed by atoms with Gasteiger partial charge in [0.15, 0.2) is 0 Å². The average Bonchev–Trinajstić information content (AvgIpc) is 3.14. The van der Waals surface area contributed by atoms with E-state index in [1.165, 1.54) is 32.5 Å². The zero-order valence-electron chi connectivity index (χ0n) is 30.3. The number of ether oxygens (including phenoxy) is 2. The highest BCUT2D eigenvalue weighted by Crippen LogP contribution is 2.40. The fourth-order valence-electron chi connectivity index (χ4n) is 6.59. The Kier molecular flexibility index (Phi) is 12.6. The molecular weight excluding hydrogens is 752 g/mol. The van der Waals surface area contributed by atoms with Crippen LogP contribution in [0.4, 0.5) is 29.1 Å². The summed E-state index contributed by atoms with van der Waals surface area (Å²) in [5, 5.41) is 3.11. The Hall–Kier alpha value is -4.67. The summed E-state index contributed by atoms with van der Waals surface area (Å²) in [5.41, 5.74) is 0.262. The number of aromatic nitrogens is 2. The predicted octanol–water partition coefficient (Wildman–Crippen LogP) is 6.84. The number of likely N-dealkylation sites (N-methyl/N-ethyl adjacent to an activating group) is 2. The number of carbonyl (C=O) groups is 1. The summed E-state index contributed by atoms with van der Waals surface area (Å²) in [6.07, 6.45) is -0.844. The first-order chi connectivity index (χ1) is 25.5. The van der Waals surface area contributed by atoms with Crippen molar-refractivity contribution in [1.29, 1.82) is 0 Å². The van der Waals surface area contributed by atoms with E-state index >= 15 is 4.39 Å². The lowest BCUT2D eigenvalue weighted by Gasteiger charge is -2.42. The van der Waals surface area contributed by atoms with Crippen LogP contribution < -0.4 is 19.1 Å². The number of carbonyl (C=O) groups excluding carboxylic acids is 1. The number of anilines is 2. The normalized spacial score (nSPS) is 17.6. The van der Waals surface area contributed by atoms with Crippen molar-refractivity contribution in [3.63, 3.8) is 0 Å². The Labute approximate surface area is 316 Å². The summed E-state index contributed by atoms with van der Waals surface area (Å²) in [4.78, 5) is 23.8. The first-order valence-corrected chi connectivity index (χ1v) is 18.7. The third kappa shape index (κ3) is 9.16. The second-order valence-corrected chi connectivity index (χ2v) is 15.5. The van der Waals surface area contributed by atoms with Crippen molar-refractivity contribution in [2.45, 2.75) is 54.9 Å². The van der Waals surface area contributed by atoms with Crippen molar-refractivity contribution in [2.24, 2.45) is 0 Å². The molecule has 1 fully saturated rings. The van der Waals surface area contributed by atoms with E-state index in [-0.39, 0.29) is 41.4 Å². The Morgan fingerprint density at radius 2 is 1.78 bits per heavy atom. The molecule has 1 amide bonds. The van der Waals surface area contributed by atoms with Crippen LogP contribution in [0.1, 0.15) is 41.9 Å². The summed E-state index contributed by atoms with van der Waals surface area (Å²) in [6.45, 7) is -0.213. The van der Waals surface area contributed by atoms with Crippen LogP contribution in [0.15, 0.2) is 78.1 Å².